The van der Waals surface area contributed by atoms with E-state index in [2.05, 4.69) is 15.5 Å². The van der Waals surface area contributed by atoms with Crippen LogP contribution in [-0.4, -0.2) is 55.1 Å². The highest BCUT2D eigenvalue weighted by molar-refractivity contribution is 5.95. The lowest BCUT2D eigenvalue weighted by atomic mass is 9.88. The number of carbonyl (C=O) groups excluding carboxylic acids is 1. The second-order valence-corrected chi connectivity index (χ2v) is 6.78. The van der Waals surface area contributed by atoms with E-state index in [0.717, 1.165) is 18.4 Å². The molecule has 4 rings (SSSR count). The van der Waals surface area contributed by atoms with Crippen LogP contribution in [0.25, 0.3) is 5.65 Å². The van der Waals surface area contributed by atoms with E-state index in [-0.39, 0.29) is 17.9 Å². The van der Waals surface area contributed by atoms with Crippen molar-refractivity contribution in [2.75, 3.05) is 13.1 Å². The van der Waals surface area contributed by atoms with Gasteiger partial charge in [0.1, 0.15) is 0 Å². The first kappa shape index (κ1) is 16.7. The van der Waals surface area contributed by atoms with E-state index < -0.39 is 0 Å². The summed E-state index contributed by atoms with van der Waals surface area (Å²) in [7, 11) is 0. The Balaban J connectivity index is 1.36. The molecule has 26 heavy (non-hydrogen) atoms. The number of piperidine rings is 1. The summed E-state index contributed by atoms with van der Waals surface area (Å²) >= 11 is 0. The second kappa shape index (κ2) is 7.21. The van der Waals surface area contributed by atoms with Gasteiger partial charge >= 0.3 is 0 Å². The lowest BCUT2D eigenvalue weighted by molar-refractivity contribution is 0.0467. The van der Waals surface area contributed by atoms with Gasteiger partial charge < -0.3 is 10.0 Å². The number of aromatic nitrogens is 4. The number of fused-ring (bicyclic) bond motifs is 1. The van der Waals surface area contributed by atoms with Crippen molar-refractivity contribution in [3.8, 4) is 0 Å². The van der Waals surface area contributed by atoms with E-state index >= 15 is 0 Å². The lowest BCUT2D eigenvalue weighted by Crippen LogP contribution is -2.41. The molecule has 7 heteroatoms. The Hall–Kier alpha value is -2.80. The summed E-state index contributed by atoms with van der Waals surface area (Å²) in [6.45, 7) is 1.32. The van der Waals surface area contributed by atoms with Crippen LogP contribution in [0.3, 0.4) is 0 Å². The van der Waals surface area contributed by atoms with E-state index in [9.17, 15) is 9.90 Å². The molecule has 134 valence electrons. The summed E-state index contributed by atoms with van der Waals surface area (Å²) in [6.07, 6.45) is 3.62. The van der Waals surface area contributed by atoms with Gasteiger partial charge in [0.05, 0.1) is 6.10 Å². The van der Waals surface area contributed by atoms with Gasteiger partial charge in [-0.25, -0.2) is 4.52 Å². The molecule has 0 radical (unpaired) electrons. The third-order valence-corrected chi connectivity index (χ3v) is 5.10. The van der Waals surface area contributed by atoms with Gasteiger partial charge in [-0.2, -0.15) is 0 Å². The summed E-state index contributed by atoms with van der Waals surface area (Å²) in [4.78, 5) is 14.6. The number of nitrogens with zero attached hydrogens (tertiary/aromatic N) is 5. The fraction of sp³-hybridized carbons (Fsp3) is 0.368. The Kier molecular flexibility index (Phi) is 4.62. The molecule has 7 nitrogen and oxygen atoms in total. The van der Waals surface area contributed by atoms with Gasteiger partial charge in [-0.05, 0) is 53.3 Å². The van der Waals surface area contributed by atoms with Gasteiger partial charge in [-0.1, -0.05) is 30.3 Å². The highest BCUT2D eigenvalue weighted by Crippen LogP contribution is 2.24. The van der Waals surface area contributed by atoms with Crippen LogP contribution in [0.2, 0.25) is 0 Å². The van der Waals surface area contributed by atoms with Crippen molar-refractivity contribution in [3.05, 3.63) is 59.8 Å². The lowest BCUT2D eigenvalue weighted by Gasteiger charge is -2.34. The normalized spacial score (nSPS) is 16.7. The van der Waals surface area contributed by atoms with Crippen LogP contribution in [0.15, 0.2) is 48.7 Å². The van der Waals surface area contributed by atoms with E-state index in [1.807, 2.05) is 35.2 Å². The van der Waals surface area contributed by atoms with Crippen molar-refractivity contribution in [1.29, 1.82) is 0 Å². The molecule has 0 spiro atoms. The summed E-state index contributed by atoms with van der Waals surface area (Å²) in [6, 6.07) is 13.5. The highest BCUT2D eigenvalue weighted by Gasteiger charge is 2.28. The van der Waals surface area contributed by atoms with Gasteiger partial charge in [-0.15, -0.1) is 5.10 Å². The van der Waals surface area contributed by atoms with Crippen LogP contribution < -0.4 is 0 Å². The molecule has 1 N–H and O–H groups in total. The molecule has 3 heterocycles. The molecule has 2 aromatic heterocycles. The third-order valence-electron chi connectivity index (χ3n) is 5.10. The zero-order chi connectivity index (χ0) is 17.9. The molecule has 0 unspecified atom stereocenters. The van der Waals surface area contributed by atoms with Gasteiger partial charge in [0, 0.05) is 24.8 Å². The molecule has 0 aliphatic carbocycles. The molecule has 1 amide bonds. The number of aliphatic hydroxyl groups is 1. The van der Waals surface area contributed by atoms with Crippen LogP contribution in [-0.2, 0) is 6.42 Å². The number of likely N-dealkylation sites (tertiary alicyclic amines) is 1. The number of hydrogen-bond acceptors (Lipinski definition) is 5. The summed E-state index contributed by atoms with van der Waals surface area (Å²) in [5.41, 5.74) is 2.30. The van der Waals surface area contributed by atoms with E-state index in [1.54, 1.807) is 18.3 Å². The number of hydrogen-bond donors (Lipinski definition) is 1. The number of tetrazole rings is 1. The first-order valence-electron chi connectivity index (χ1n) is 8.90. The monoisotopic (exact) mass is 351 g/mol. The van der Waals surface area contributed by atoms with Crippen molar-refractivity contribution in [1.82, 2.24) is 24.9 Å². The van der Waals surface area contributed by atoms with Crippen molar-refractivity contribution in [2.45, 2.75) is 25.4 Å². The van der Waals surface area contributed by atoms with Crippen LogP contribution in [0, 0.1) is 5.92 Å². The Labute approximate surface area is 151 Å². The van der Waals surface area contributed by atoms with Crippen LogP contribution >= 0.6 is 0 Å². The standard InChI is InChI=1S/C19H21N5O2/c25-17(12-14-4-2-1-3-5-14)15-6-9-23(10-7-15)19(26)16-8-11-24-18(13-16)20-21-22-24/h1-5,8,11,13,15,17,25H,6-7,9-10,12H2/t17-/m0/s1. The second-order valence-electron chi connectivity index (χ2n) is 6.78. The number of rotatable bonds is 4. The molecule has 3 aromatic rings. The number of amides is 1. The van der Waals surface area contributed by atoms with Crippen LogP contribution in [0.1, 0.15) is 28.8 Å². The molecule has 1 aliphatic heterocycles. The van der Waals surface area contributed by atoms with Gasteiger partial charge in [0.15, 0.2) is 5.65 Å². The first-order valence-corrected chi connectivity index (χ1v) is 8.90. The predicted molar refractivity (Wildman–Crippen MR) is 95.6 cm³/mol. The molecule has 1 fully saturated rings. The predicted octanol–water partition coefficient (Wildman–Crippen LogP) is 1.58. The van der Waals surface area contributed by atoms with Crippen molar-refractivity contribution in [3.63, 3.8) is 0 Å². The maximum atomic E-state index is 12.7. The minimum Gasteiger partial charge on any atom is -0.392 e. The number of benzene rings is 1. The third kappa shape index (κ3) is 3.43. The highest BCUT2D eigenvalue weighted by atomic mass is 16.3. The molecular weight excluding hydrogens is 330 g/mol. The molecule has 1 aromatic carbocycles. The quantitative estimate of drug-likeness (QED) is 0.771. The molecule has 0 bridgehead atoms. The average Bonchev–Trinajstić information content (AvgIpc) is 3.16. The summed E-state index contributed by atoms with van der Waals surface area (Å²) in [5, 5.41) is 21.8. The minimum atomic E-state index is -0.368. The Bertz CT molecular complexity index is 887. The topological polar surface area (TPSA) is 83.6 Å². The Morgan fingerprint density at radius 1 is 1.19 bits per heavy atom. The zero-order valence-corrected chi connectivity index (χ0v) is 14.4. The smallest absolute Gasteiger partial charge is 0.254 e. The number of carbonyl (C=O) groups is 1. The van der Waals surface area contributed by atoms with E-state index in [4.69, 9.17) is 0 Å². The van der Waals surface area contributed by atoms with Gasteiger partial charge in [0.25, 0.3) is 5.91 Å². The zero-order valence-electron chi connectivity index (χ0n) is 14.4. The van der Waals surface area contributed by atoms with Gasteiger partial charge in [-0.3, -0.25) is 4.79 Å². The maximum Gasteiger partial charge on any atom is 0.254 e. The van der Waals surface area contributed by atoms with E-state index in [1.165, 1.54) is 4.52 Å². The van der Waals surface area contributed by atoms with Gasteiger partial charge in [0.2, 0.25) is 0 Å². The number of aliphatic hydroxyl groups excluding tert-OH is 1. The summed E-state index contributed by atoms with van der Waals surface area (Å²) < 4.78 is 1.53. The van der Waals surface area contributed by atoms with E-state index in [0.29, 0.717) is 30.7 Å². The number of pyridine rings is 1. The SMILES string of the molecule is O=C(c1ccn2nnnc2c1)N1CCC([C@@H](O)Cc2ccccc2)CC1. The molecular formula is C19H21N5O2. The van der Waals surface area contributed by atoms with Crippen molar-refractivity contribution >= 4 is 11.6 Å². The molecule has 1 saturated heterocycles. The fourth-order valence-electron chi connectivity index (χ4n) is 3.57. The Morgan fingerprint density at radius 2 is 1.96 bits per heavy atom. The Morgan fingerprint density at radius 3 is 2.73 bits per heavy atom. The largest absolute Gasteiger partial charge is 0.392 e. The van der Waals surface area contributed by atoms with Crippen molar-refractivity contribution < 1.29 is 9.90 Å². The molecule has 1 atom stereocenters. The maximum absolute atomic E-state index is 12.7. The fourth-order valence-corrected chi connectivity index (χ4v) is 3.57. The van der Waals surface area contributed by atoms with Crippen LogP contribution in [0.5, 0.6) is 0 Å². The summed E-state index contributed by atoms with van der Waals surface area (Å²) in [5.74, 6) is 0.217. The minimum absolute atomic E-state index is 0.00787. The van der Waals surface area contributed by atoms with Crippen LogP contribution in [0.4, 0.5) is 0 Å². The van der Waals surface area contributed by atoms with Crippen molar-refractivity contribution in [2.24, 2.45) is 5.92 Å². The molecule has 1 aliphatic rings. The average molecular weight is 351 g/mol. The molecule has 0 saturated carbocycles. The first-order chi connectivity index (χ1) is 12.7.